The zero-order valence-electron chi connectivity index (χ0n) is 10.8. The molecule has 2 nitrogen and oxygen atoms in total. The number of hydrogen-bond donors (Lipinski definition) is 1. The summed E-state index contributed by atoms with van der Waals surface area (Å²) in [7, 11) is 0. The SMILES string of the molecule is CC(N)(c1ccc(Cl)cc1)c1cccc2c1OCC2. The van der Waals surface area contributed by atoms with E-state index in [1.807, 2.05) is 43.3 Å². The summed E-state index contributed by atoms with van der Waals surface area (Å²) >= 11 is 5.94. The third-order valence-electron chi connectivity index (χ3n) is 3.72. The Bertz CT molecular complexity index is 605. The Morgan fingerprint density at radius 2 is 1.89 bits per heavy atom. The van der Waals surface area contributed by atoms with Crippen LogP contribution in [0, 0.1) is 0 Å². The molecule has 3 rings (SSSR count). The molecule has 98 valence electrons. The first-order valence-electron chi connectivity index (χ1n) is 6.39. The van der Waals surface area contributed by atoms with E-state index in [1.165, 1.54) is 5.56 Å². The molecule has 1 heterocycles. The average Bonchev–Trinajstić information content (AvgIpc) is 2.87. The molecule has 1 atom stereocenters. The third kappa shape index (κ3) is 2.11. The van der Waals surface area contributed by atoms with Crippen molar-refractivity contribution >= 4 is 11.6 Å². The van der Waals surface area contributed by atoms with Crippen LogP contribution in [0.15, 0.2) is 42.5 Å². The lowest BCUT2D eigenvalue weighted by atomic mass is 9.84. The van der Waals surface area contributed by atoms with Gasteiger partial charge in [-0.25, -0.2) is 0 Å². The van der Waals surface area contributed by atoms with Crippen LogP contribution in [0.1, 0.15) is 23.6 Å². The summed E-state index contributed by atoms with van der Waals surface area (Å²) in [5, 5.41) is 0.717. The third-order valence-corrected chi connectivity index (χ3v) is 3.97. The summed E-state index contributed by atoms with van der Waals surface area (Å²) in [4.78, 5) is 0. The quantitative estimate of drug-likeness (QED) is 0.909. The van der Waals surface area contributed by atoms with Crippen molar-refractivity contribution in [3.05, 3.63) is 64.2 Å². The van der Waals surface area contributed by atoms with E-state index < -0.39 is 5.54 Å². The molecular weight excluding hydrogens is 258 g/mol. The molecule has 0 spiro atoms. The topological polar surface area (TPSA) is 35.2 Å². The fourth-order valence-corrected chi connectivity index (χ4v) is 2.70. The molecule has 1 aliphatic heterocycles. The lowest BCUT2D eigenvalue weighted by molar-refractivity contribution is 0.347. The van der Waals surface area contributed by atoms with Crippen molar-refractivity contribution < 1.29 is 4.74 Å². The van der Waals surface area contributed by atoms with Gasteiger partial charge in [0.15, 0.2) is 0 Å². The van der Waals surface area contributed by atoms with Gasteiger partial charge in [0, 0.05) is 17.0 Å². The molecule has 0 radical (unpaired) electrons. The summed E-state index contributed by atoms with van der Waals surface area (Å²) < 4.78 is 5.76. The first kappa shape index (κ1) is 12.5. The second kappa shape index (κ2) is 4.55. The highest BCUT2D eigenvalue weighted by molar-refractivity contribution is 6.30. The number of hydrogen-bond acceptors (Lipinski definition) is 2. The smallest absolute Gasteiger partial charge is 0.128 e. The van der Waals surface area contributed by atoms with Crippen molar-refractivity contribution in [1.29, 1.82) is 0 Å². The van der Waals surface area contributed by atoms with Gasteiger partial charge in [-0.3, -0.25) is 0 Å². The highest BCUT2D eigenvalue weighted by Crippen LogP contribution is 2.38. The van der Waals surface area contributed by atoms with Crippen LogP contribution >= 0.6 is 11.6 Å². The predicted octanol–water partition coefficient (Wildman–Crippen LogP) is 3.50. The van der Waals surface area contributed by atoms with Gasteiger partial charge in [0.2, 0.25) is 0 Å². The molecule has 1 aliphatic rings. The summed E-state index contributed by atoms with van der Waals surface area (Å²) in [6.07, 6.45) is 0.958. The van der Waals surface area contributed by atoms with Gasteiger partial charge in [-0.05, 0) is 30.2 Å². The number of benzene rings is 2. The zero-order valence-corrected chi connectivity index (χ0v) is 11.6. The van der Waals surface area contributed by atoms with Crippen molar-refractivity contribution in [3.63, 3.8) is 0 Å². The van der Waals surface area contributed by atoms with E-state index in [0.29, 0.717) is 5.02 Å². The van der Waals surface area contributed by atoms with Crippen molar-refractivity contribution in [2.75, 3.05) is 6.61 Å². The van der Waals surface area contributed by atoms with E-state index in [9.17, 15) is 0 Å². The van der Waals surface area contributed by atoms with E-state index in [2.05, 4.69) is 6.07 Å². The fraction of sp³-hybridized carbons (Fsp3) is 0.250. The molecule has 0 amide bonds. The van der Waals surface area contributed by atoms with Crippen LogP contribution in [0.4, 0.5) is 0 Å². The summed E-state index contributed by atoms with van der Waals surface area (Å²) in [5.74, 6) is 0.947. The minimum absolute atomic E-state index is 0.583. The van der Waals surface area contributed by atoms with Crippen LogP contribution in [0.25, 0.3) is 0 Å². The minimum Gasteiger partial charge on any atom is -0.493 e. The van der Waals surface area contributed by atoms with Gasteiger partial charge >= 0.3 is 0 Å². The molecule has 19 heavy (non-hydrogen) atoms. The predicted molar refractivity (Wildman–Crippen MR) is 77.7 cm³/mol. The van der Waals surface area contributed by atoms with Gasteiger partial charge in [0.05, 0.1) is 12.1 Å². The molecule has 1 unspecified atom stereocenters. The zero-order chi connectivity index (χ0) is 13.5. The molecule has 0 aromatic heterocycles. The summed E-state index contributed by atoms with van der Waals surface area (Å²) in [6, 6.07) is 13.9. The molecule has 3 heteroatoms. The number of para-hydroxylation sites is 1. The normalized spacial score (nSPS) is 16.6. The molecule has 0 fully saturated rings. The highest BCUT2D eigenvalue weighted by atomic mass is 35.5. The standard InChI is InChI=1S/C16H16ClNO/c1-16(18,12-5-7-13(17)8-6-12)14-4-2-3-11-9-10-19-15(11)14/h2-8H,9-10,18H2,1H3. The molecule has 2 aromatic rings. The monoisotopic (exact) mass is 273 g/mol. The van der Waals surface area contributed by atoms with Crippen LogP contribution in [0.3, 0.4) is 0 Å². The van der Waals surface area contributed by atoms with Crippen LogP contribution in [0.5, 0.6) is 5.75 Å². The number of ether oxygens (including phenoxy) is 1. The van der Waals surface area contributed by atoms with Crippen LogP contribution in [0.2, 0.25) is 5.02 Å². The van der Waals surface area contributed by atoms with Gasteiger partial charge in [-0.15, -0.1) is 0 Å². The maximum Gasteiger partial charge on any atom is 0.128 e. The Hall–Kier alpha value is -1.51. The first-order chi connectivity index (χ1) is 9.09. The molecular formula is C16H16ClNO. The Morgan fingerprint density at radius 1 is 1.16 bits per heavy atom. The first-order valence-corrected chi connectivity index (χ1v) is 6.77. The van der Waals surface area contributed by atoms with Crippen molar-refractivity contribution in [2.24, 2.45) is 5.73 Å². The average molecular weight is 274 g/mol. The molecule has 2 N–H and O–H groups in total. The van der Waals surface area contributed by atoms with Crippen molar-refractivity contribution in [1.82, 2.24) is 0 Å². The molecule has 0 aliphatic carbocycles. The summed E-state index contributed by atoms with van der Waals surface area (Å²) in [5.41, 5.74) is 9.28. The Labute approximate surface area is 118 Å². The minimum atomic E-state index is -0.583. The second-order valence-electron chi connectivity index (χ2n) is 5.10. The van der Waals surface area contributed by atoms with Gasteiger partial charge in [-0.1, -0.05) is 41.9 Å². The Morgan fingerprint density at radius 3 is 2.63 bits per heavy atom. The lowest BCUT2D eigenvalue weighted by Crippen LogP contribution is -2.34. The summed E-state index contributed by atoms with van der Waals surface area (Å²) in [6.45, 7) is 2.75. The van der Waals surface area contributed by atoms with Gasteiger partial charge in [0.25, 0.3) is 0 Å². The maximum absolute atomic E-state index is 6.56. The second-order valence-corrected chi connectivity index (χ2v) is 5.54. The van der Waals surface area contributed by atoms with Gasteiger partial charge in [0.1, 0.15) is 5.75 Å². The molecule has 0 saturated carbocycles. The largest absolute Gasteiger partial charge is 0.493 e. The van der Waals surface area contributed by atoms with Crippen molar-refractivity contribution in [3.8, 4) is 5.75 Å². The number of rotatable bonds is 2. The van der Waals surface area contributed by atoms with Crippen LogP contribution in [-0.2, 0) is 12.0 Å². The molecule has 2 aromatic carbocycles. The van der Waals surface area contributed by atoms with Crippen LogP contribution < -0.4 is 10.5 Å². The van der Waals surface area contributed by atoms with E-state index >= 15 is 0 Å². The molecule has 0 bridgehead atoms. The van der Waals surface area contributed by atoms with Crippen molar-refractivity contribution in [2.45, 2.75) is 18.9 Å². The fourth-order valence-electron chi connectivity index (χ4n) is 2.58. The van der Waals surface area contributed by atoms with Crippen LogP contribution in [-0.4, -0.2) is 6.61 Å². The Balaban J connectivity index is 2.10. The van der Waals surface area contributed by atoms with Gasteiger partial charge < -0.3 is 10.5 Å². The number of fused-ring (bicyclic) bond motifs is 1. The van der Waals surface area contributed by atoms with E-state index in [0.717, 1.165) is 29.9 Å². The van der Waals surface area contributed by atoms with Gasteiger partial charge in [-0.2, -0.15) is 0 Å². The highest BCUT2D eigenvalue weighted by Gasteiger charge is 2.30. The van der Waals surface area contributed by atoms with E-state index in [-0.39, 0.29) is 0 Å². The Kier molecular flexibility index (Phi) is 3.00. The molecule has 0 saturated heterocycles. The number of nitrogens with two attached hydrogens (primary N) is 1. The lowest BCUT2D eigenvalue weighted by Gasteiger charge is -2.27. The number of halogens is 1. The maximum atomic E-state index is 6.56. The van der Waals surface area contributed by atoms with E-state index in [4.69, 9.17) is 22.1 Å². The van der Waals surface area contributed by atoms with E-state index in [1.54, 1.807) is 0 Å².